The largest absolute Gasteiger partial charge is 0.456 e. The topological polar surface area (TPSA) is 61.6 Å². The van der Waals surface area contributed by atoms with Gasteiger partial charge in [0.05, 0.1) is 16.6 Å². The maximum Gasteiger partial charge on any atom is 0.339 e. The van der Waals surface area contributed by atoms with Crippen molar-refractivity contribution >= 4 is 27.6 Å². The molecule has 1 aromatic rings. The number of ether oxygens (including phenoxy) is 2. The molecule has 4 nitrogen and oxygen atoms in total. The second-order valence-corrected chi connectivity index (χ2v) is 4.75. The quantitative estimate of drug-likeness (QED) is 0.673. The molecule has 1 aliphatic rings. The SMILES string of the molecule is Nc1cccc(C(=O)OC2CCCOC2)c1Br. The average molecular weight is 300 g/mol. The van der Waals surface area contributed by atoms with E-state index in [1.54, 1.807) is 18.2 Å². The Morgan fingerprint density at radius 1 is 1.53 bits per heavy atom. The van der Waals surface area contributed by atoms with Crippen LogP contribution in [-0.4, -0.2) is 25.3 Å². The molecular formula is C12H14BrNO3. The van der Waals surface area contributed by atoms with E-state index in [4.69, 9.17) is 15.2 Å². The Balaban J connectivity index is 2.06. The molecule has 2 N–H and O–H groups in total. The summed E-state index contributed by atoms with van der Waals surface area (Å²) in [7, 11) is 0. The fourth-order valence-electron chi connectivity index (χ4n) is 1.73. The van der Waals surface area contributed by atoms with Crippen molar-refractivity contribution in [1.29, 1.82) is 0 Å². The van der Waals surface area contributed by atoms with Crippen molar-refractivity contribution in [2.45, 2.75) is 18.9 Å². The number of hydrogen-bond acceptors (Lipinski definition) is 4. The molecule has 1 fully saturated rings. The third-order valence-electron chi connectivity index (χ3n) is 2.64. The zero-order valence-electron chi connectivity index (χ0n) is 9.32. The molecule has 1 atom stereocenters. The van der Waals surface area contributed by atoms with Crippen molar-refractivity contribution in [3.05, 3.63) is 28.2 Å². The summed E-state index contributed by atoms with van der Waals surface area (Å²) in [4.78, 5) is 11.9. The highest BCUT2D eigenvalue weighted by Gasteiger charge is 2.21. The lowest BCUT2D eigenvalue weighted by molar-refractivity contribution is -0.0306. The van der Waals surface area contributed by atoms with E-state index in [2.05, 4.69) is 15.9 Å². The summed E-state index contributed by atoms with van der Waals surface area (Å²) in [6.07, 6.45) is 1.63. The predicted molar refractivity (Wildman–Crippen MR) is 67.8 cm³/mol. The number of nitrogens with two attached hydrogens (primary N) is 1. The number of rotatable bonds is 2. The van der Waals surface area contributed by atoms with Crippen LogP contribution in [0.5, 0.6) is 0 Å². The number of hydrogen-bond donors (Lipinski definition) is 1. The fourth-order valence-corrected chi connectivity index (χ4v) is 2.15. The Labute approximate surface area is 108 Å². The summed E-state index contributed by atoms with van der Waals surface area (Å²) in [5.74, 6) is -0.361. The zero-order chi connectivity index (χ0) is 12.3. The Bertz CT molecular complexity index is 416. The highest BCUT2D eigenvalue weighted by atomic mass is 79.9. The summed E-state index contributed by atoms with van der Waals surface area (Å²) in [6.45, 7) is 1.22. The minimum absolute atomic E-state index is 0.149. The van der Waals surface area contributed by atoms with Gasteiger partial charge in [0.1, 0.15) is 6.10 Å². The molecule has 0 aliphatic carbocycles. The van der Waals surface area contributed by atoms with Crippen LogP contribution < -0.4 is 5.73 Å². The second kappa shape index (κ2) is 5.51. The molecule has 1 aromatic carbocycles. The first kappa shape index (κ1) is 12.4. The lowest BCUT2D eigenvalue weighted by atomic mass is 10.1. The number of carbonyl (C=O) groups is 1. The highest BCUT2D eigenvalue weighted by molar-refractivity contribution is 9.10. The Morgan fingerprint density at radius 3 is 3.06 bits per heavy atom. The monoisotopic (exact) mass is 299 g/mol. The van der Waals surface area contributed by atoms with Crippen molar-refractivity contribution in [2.24, 2.45) is 0 Å². The van der Waals surface area contributed by atoms with Gasteiger partial charge in [0.15, 0.2) is 0 Å². The van der Waals surface area contributed by atoms with Crippen molar-refractivity contribution in [1.82, 2.24) is 0 Å². The van der Waals surface area contributed by atoms with Crippen LogP contribution in [0.25, 0.3) is 0 Å². The molecule has 5 heteroatoms. The third-order valence-corrected chi connectivity index (χ3v) is 3.53. The lowest BCUT2D eigenvalue weighted by Gasteiger charge is -2.22. The predicted octanol–water partition coefficient (Wildman–Crippen LogP) is 2.37. The smallest absolute Gasteiger partial charge is 0.339 e. The molecule has 0 saturated carbocycles. The Kier molecular flexibility index (Phi) is 4.02. The van der Waals surface area contributed by atoms with Gasteiger partial charge in [-0.1, -0.05) is 6.07 Å². The van der Waals surface area contributed by atoms with E-state index in [0.29, 0.717) is 22.3 Å². The zero-order valence-corrected chi connectivity index (χ0v) is 10.9. The van der Waals surface area contributed by atoms with Gasteiger partial charge in [0, 0.05) is 12.3 Å². The number of benzene rings is 1. The van der Waals surface area contributed by atoms with Crippen LogP contribution in [-0.2, 0) is 9.47 Å². The third kappa shape index (κ3) is 2.98. The van der Waals surface area contributed by atoms with E-state index >= 15 is 0 Å². The molecule has 92 valence electrons. The van der Waals surface area contributed by atoms with Crippen molar-refractivity contribution < 1.29 is 14.3 Å². The van der Waals surface area contributed by atoms with Gasteiger partial charge in [0.2, 0.25) is 0 Å². The van der Waals surface area contributed by atoms with E-state index in [9.17, 15) is 4.79 Å². The first-order chi connectivity index (χ1) is 8.18. The molecule has 0 spiro atoms. The van der Waals surface area contributed by atoms with Crippen molar-refractivity contribution in [3.8, 4) is 0 Å². The number of carbonyl (C=O) groups excluding carboxylic acids is 1. The van der Waals surface area contributed by atoms with Gasteiger partial charge in [-0.15, -0.1) is 0 Å². The number of esters is 1. The van der Waals surface area contributed by atoms with Crippen molar-refractivity contribution in [2.75, 3.05) is 18.9 Å². The minimum Gasteiger partial charge on any atom is -0.456 e. The van der Waals surface area contributed by atoms with Gasteiger partial charge in [-0.3, -0.25) is 0 Å². The summed E-state index contributed by atoms with van der Waals surface area (Å²) < 4.78 is 11.2. The second-order valence-electron chi connectivity index (χ2n) is 3.95. The maximum atomic E-state index is 11.9. The molecular weight excluding hydrogens is 286 g/mol. The molecule has 0 amide bonds. The molecule has 1 heterocycles. The fraction of sp³-hybridized carbons (Fsp3) is 0.417. The lowest BCUT2D eigenvalue weighted by Crippen LogP contribution is -2.28. The van der Waals surface area contributed by atoms with Crippen molar-refractivity contribution in [3.63, 3.8) is 0 Å². The first-order valence-electron chi connectivity index (χ1n) is 5.51. The van der Waals surface area contributed by atoms with Crippen LogP contribution in [0, 0.1) is 0 Å². The van der Waals surface area contributed by atoms with E-state index in [-0.39, 0.29) is 12.1 Å². The van der Waals surface area contributed by atoms with Crippen LogP contribution in [0.15, 0.2) is 22.7 Å². The first-order valence-corrected chi connectivity index (χ1v) is 6.30. The Morgan fingerprint density at radius 2 is 2.35 bits per heavy atom. The molecule has 1 aliphatic heterocycles. The molecule has 0 bridgehead atoms. The van der Waals surface area contributed by atoms with Crippen LogP contribution in [0.4, 0.5) is 5.69 Å². The standard InChI is InChI=1S/C12H14BrNO3/c13-11-9(4-1-5-10(11)14)12(15)17-8-3-2-6-16-7-8/h1,4-5,8H,2-3,6-7,14H2. The number of anilines is 1. The molecule has 2 rings (SSSR count). The normalized spacial score (nSPS) is 19.9. The van der Waals surface area contributed by atoms with Gasteiger partial charge in [-0.25, -0.2) is 4.79 Å². The highest BCUT2D eigenvalue weighted by Crippen LogP contribution is 2.25. The van der Waals surface area contributed by atoms with Crippen LogP contribution in [0.1, 0.15) is 23.2 Å². The van der Waals surface area contributed by atoms with E-state index < -0.39 is 0 Å². The average Bonchev–Trinajstić information content (AvgIpc) is 2.34. The summed E-state index contributed by atoms with van der Waals surface area (Å²) >= 11 is 3.29. The summed E-state index contributed by atoms with van der Waals surface area (Å²) in [5, 5.41) is 0. The molecule has 1 unspecified atom stereocenters. The van der Waals surface area contributed by atoms with Gasteiger partial charge in [-0.05, 0) is 40.9 Å². The van der Waals surface area contributed by atoms with Crippen LogP contribution >= 0.6 is 15.9 Å². The molecule has 17 heavy (non-hydrogen) atoms. The summed E-state index contributed by atoms with van der Waals surface area (Å²) in [5.41, 5.74) is 6.69. The van der Waals surface area contributed by atoms with E-state index in [0.717, 1.165) is 19.4 Å². The van der Waals surface area contributed by atoms with Crippen LogP contribution in [0.3, 0.4) is 0 Å². The van der Waals surface area contributed by atoms with Gasteiger partial charge in [0.25, 0.3) is 0 Å². The number of halogens is 1. The molecule has 1 saturated heterocycles. The van der Waals surface area contributed by atoms with Gasteiger partial charge >= 0.3 is 5.97 Å². The van der Waals surface area contributed by atoms with Gasteiger partial charge < -0.3 is 15.2 Å². The van der Waals surface area contributed by atoms with E-state index in [1.165, 1.54) is 0 Å². The van der Waals surface area contributed by atoms with E-state index in [1.807, 2.05) is 0 Å². The maximum absolute atomic E-state index is 11.9. The summed E-state index contributed by atoms with van der Waals surface area (Å²) in [6, 6.07) is 5.14. The number of nitrogen functional groups attached to an aromatic ring is 1. The molecule has 0 radical (unpaired) electrons. The van der Waals surface area contributed by atoms with Crippen LogP contribution in [0.2, 0.25) is 0 Å². The van der Waals surface area contributed by atoms with Gasteiger partial charge in [-0.2, -0.15) is 0 Å². The Hall–Kier alpha value is -1.07. The molecule has 0 aromatic heterocycles. The minimum atomic E-state index is -0.361.